The summed E-state index contributed by atoms with van der Waals surface area (Å²) in [7, 11) is -3.82. The first kappa shape index (κ1) is 12.4. The molecule has 0 saturated carbocycles. The molecular weight excluding hydrogens is 258 g/mol. The highest BCUT2D eigenvalue weighted by molar-refractivity contribution is 7.89. The van der Waals surface area contributed by atoms with Crippen molar-refractivity contribution in [2.75, 3.05) is 0 Å². The lowest BCUT2D eigenvalue weighted by Crippen LogP contribution is -2.51. The number of rotatable bonds is 3. The normalized spacial score (nSPS) is 19.7. The summed E-state index contributed by atoms with van der Waals surface area (Å²) in [5, 5.41) is 1.90. The van der Waals surface area contributed by atoms with E-state index in [1.165, 1.54) is 12.1 Å². The molecule has 1 aliphatic rings. The summed E-state index contributed by atoms with van der Waals surface area (Å²) in [4.78, 5) is 25.5. The van der Waals surface area contributed by atoms with Crippen LogP contribution in [0.4, 0.5) is 4.79 Å². The Morgan fingerprint density at radius 3 is 2.44 bits per heavy atom. The zero-order chi connectivity index (χ0) is 13.2. The fourth-order valence-corrected chi connectivity index (χ4v) is 2.50. The minimum atomic E-state index is -3.82. The molecule has 7 nitrogen and oxygen atoms in total. The second-order valence-corrected chi connectivity index (χ2v) is 5.20. The van der Waals surface area contributed by atoms with E-state index in [4.69, 9.17) is 0 Å². The number of imide groups is 1. The Bertz CT molecular complexity index is 609. The molecule has 0 aliphatic carbocycles. The topological polar surface area (TPSA) is 105 Å². The van der Waals surface area contributed by atoms with Crippen LogP contribution in [0.1, 0.15) is 0 Å². The van der Waals surface area contributed by atoms with E-state index >= 15 is 0 Å². The van der Waals surface area contributed by atoms with Crippen molar-refractivity contribution in [1.82, 2.24) is 10.0 Å². The smallest absolute Gasteiger partial charge is 0.274 e. The molecule has 18 heavy (non-hydrogen) atoms. The number of nitrogens with zero attached hydrogens (tertiary/aromatic N) is 1. The minimum Gasteiger partial charge on any atom is -0.274 e. The zero-order valence-corrected chi connectivity index (χ0v) is 9.85. The summed E-state index contributed by atoms with van der Waals surface area (Å²) in [5.74, 6) is -0.755. The molecule has 0 radical (unpaired) electrons. The molecule has 0 aromatic heterocycles. The summed E-state index contributed by atoms with van der Waals surface area (Å²) in [5.41, 5.74) is 0. The average Bonchev–Trinajstić information content (AvgIpc) is 2.34. The molecule has 0 spiro atoms. The first-order chi connectivity index (χ1) is 8.49. The van der Waals surface area contributed by atoms with Crippen LogP contribution < -0.4 is 10.0 Å². The van der Waals surface area contributed by atoms with Gasteiger partial charge in [0.05, 0.1) is 4.90 Å². The lowest BCUT2D eigenvalue weighted by atomic mass is 10.3. The number of hydrogen-bond donors (Lipinski definition) is 2. The van der Waals surface area contributed by atoms with Crippen molar-refractivity contribution in [3.8, 4) is 0 Å². The Morgan fingerprint density at radius 1 is 1.17 bits per heavy atom. The van der Waals surface area contributed by atoms with E-state index in [1.807, 2.05) is 5.32 Å². The fourth-order valence-electron chi connectivity index (χ4n) is 1.34. The van der Waals surface area contributed by atoms with Crippen LogP contribution in [-0.4, -0.2) is 32.6 Å². The molecule has 0 fully saturated rings. The summed E-state index contributed by atoms with van der Waals surface area (Å²) in [6.45, 7) is 0. The molecule has 1 aromatic carbocycles. The van der Waals surface area contributed by atoms with Gasteiger partial charge in [0, 0.05) is 6.21 Å². The monoisotopic (exact) mass is 267 g/mol. The maximum Gasteiger partial charge on any atom is 0.347 e. The number of amides is 3. The van der Waals surface area contributed by atoms with Gasteiger partial charge in [0.1, 0.15) is 6.04 Å². The van der Waals surface area contributed by atoms with Gasteiger partial charge in [-0.25, -0.2) is 18.2 Å². The third kappa shape index (κ3) is 2.60. The molecule has 0 saturated heterocycles. The molecule has 8 heteroatoms. The second-order valence-electron chi connectivity index (χ2n) is 3.48. The number of sulfonamides is 1. The maximum atomic E-state index is 11.9. The van der Waals surface area contributed by atoms with Crippen molar-refractivity contribution < 1.29 is 18.0 Å². The van der Waals surface area contributed by atoms with Crippen molar-refractivity contribution >= 4 is 28.2 Å². The van der Waals surface area contributed by atoms with Gasteiger partial charge < -0.3 is 0 Å². The highest BCUT2D eigenvalue weighted by Gasteiger charge is 2.28. The molecule has 1 heterocycles. The van der Waals surface area contributed by atoms with Crippen molar-refractivity contribution in [2.24, 2.45) is 4.99 Å². The molecule has 1 unspecified atom stereocenters. The Kier molecular flexibility index (Phi) is 3.21. The van der Waals surface area contributed by atoms with Crippen LogP contribution in [0.3, 0.4) is 0 Å². The van der Waals surface area contributed by atoms with Gasteiger partial charge in [-0.1, -0.05) is 18.2 Å². The number of carbonyl (C=O) groups excluding carboxylic acids is 2. The third-order valence-corrected chi connectivity index (χ3v) is 3.65. The minimum absolute atomic E-state index is 0.0306. The SMILES string of the molecule is O=C1N=CC(NS(=O)(=O)c2ccccc2)C(=O)N1. The average molecular weight is 267 g/mol. The summed E-state index contributed by atoms with van der Waals surface area (Å²) < 4.78 is 25.9. The molecule has 2 rings (SSSR count). The van der Waals surface area contributed by atoms with E-state index < -0.39 is 28.0 Å². The van der Waals surface area contributed by atoms with Gasteiger partial charge in [-0.05, 0) is 12.1 Å². The van der Waals surface area contributed by atoms with E-state index in [2.05, 4.69) is 9.71 Å². The molecule has 94 valence electrons. The number of hydrogen-bond acceptors (Lipinski definition) is 4. The van der Waals surface area contributed by atoms with Gasteiger partial charge >= 0.3 is 6.03 Å². The van der Waals surface area contributed by atoms with Gasteiger partial charge in [-0.2, -0.15) is 4.72 Å². The summed E-state index contributed by atoms with van der Waals surface area (Å²) in [6, 6.07) is 5.59. The van der Waals surface area contributed by atoms with Gasteiger partial charge in [0.2, 0.25) is 10.0 Å². The number of carbonyl (C=O) groups is 2. The van der Waals surface area contributed by atoms with E-state index in [0.29, 0.717) is 0 Å². The van der Waals surface area contributed by atoms with Gasteiger partial charge in [-0.3, -0.25) is 10.1 Å². The molecule has 1 aliphatic heterocycles. The standard InChI is InChI=1S/C10H9N3O4S/c14-9-8(6-11-10(15)12-9)13-18(16,17)7-4-2-1-3-5-7/h1-6,8,13H,(H,12,14,15). The van der Waals surface area contributed by atoms with E-state index in [9.17, 15) is 18.0 Å². The first-order valence-electron chi connectivity index (χ1n) is 4.95. The van der Waals surface area contributed by atoms with Crippen LogP contribution in [0.25, 0.3) is 0 Å². The molecule has 0 bridgehead atoms. The van der Waals surface area contributed by atoms with E-state index in [-0.39, 0.29) is 4.90 Å². The largest absolute Gasteiger partial charge is 0.347 e. The highest BCUT2D eigenvalue weighted by atomic mass is 32.2. The van der Waals surface area contributed by atoms with Crippen LogP contribution in [0, 0.1) is 0 Å². The van der Waals surface area contributed by atoms with Crippen LogP contribution in [0.2, 0.25) is 0 Å². The van der Waals surface area contributed by atoms with Crippen molar-refractivity contribution in [3.05, 3.63) is 30.3 Å². The van der Waals surface area contributed by atoms with E-state index in [1.54, 1.807) is 18.2 Å². The van der Waals surface area contributed by atoms with Gasteiger partial charge in [-0.15, -0.1) is 0 Å². The Balaban J connectivity index is 2.22. The van der Waals surface area contributed by atoms with Crippen LogP contribution >= 0.6 is 0 Å². The molecular formula is C10H9N3O4S. The Hall–Kier alpha value is -2.06. The fraction of sp³-hybridized carbons (Fsp3) is 0.100. The Labute approximate surface area is 103 Å². The second kappa shape index (κ2) is 4.67. The van der Waals surface area contributed by atoms with Gasteiger partial charge in [0.15, 0.2) is 0 Å². The van der Waals surface area contributed by atoms with Crippen LogP contribution in [0.5, 0.6) is 0 Å². The van der Waals surface area contributed by atoms with Crippen LogP contribution in [-0.2, 0) is 14.8 Å². The first-order valence-corrected chi connectivity index (χ1v) is 6.44. The molecule has 2 N–H and O–H groups in total. The van der Waals surface area contributed by atoms with E-state index in [0.717, 1.165) is 6.21 Å². The lowest BCUT2D eigenvalue weighted by Gasteiger charge is -2.16. The maximum absolute atomic E-state index is 11.9. The zero-order valence-electron chi connectivity index (χ0n) is 9.03. The quantitative estimate of drug-likeness (QED) is 0.781. The van der Waals surface area contributed by atoms with Crippen molar-refractivity contribution in [1.29, 1.82) is 0 Å². The number of aliphatic imine (C=N–C) groups is 1. The van der Waals surface area contributed by atoms with Crippen LogP contribution in [0.15, 0.2) is 40.2 Å². The lowest BCUT2D eigenvalue weighted by molar-refractivity contribution is -0.120. The van der Waals surface area contributed by atoms with Crippen molar-refractivity contribution in [3.63, 3.8) is 0 Å². The molecule has 3 amide bonds. The van der Waals surface area contributed by atoms with Crippen molar-refractivity contribution in [2.45, 2.75) is 10.9 Å². The number of urea groups is 1. The predicted octanol–water partition coefficient (Wildman–Crippen LogP) is -0.346. The highest BCUT2D eigenvalue weighted by Crippen LogP contribution is 2.08. The Morgan fingerprint density at radius 2 is 1.83 bits per heavy atom. The number of benzene rings is 1. The van der Waals surface area contributed by atoms with Gasteiger partial charge in [0.25, 0.3) is 5.91 Å². The summed E-state index contributed by atoms with van der Waals surface area (Å²) >= 11 is 0. The number of nitrogens with one attached hydrogen (secondary N) is 2. The third-order valence-electron chi connectivity index (χ3n) is 2.19. The molecule has 1 atom stereocenters. The summed E-state index contributed by atoms with van der Waals surface area (Å²) in [6.07, 6.45) is 0.960. The molecule has 1 aromatic rings. The predicted molar refractivity (Wildman–Crippen MR) is 62.6 cm³/mol.